The third-order valence-electron chi connectivity index (χ3n) is 4.49. The van der Waals surface area contributed by atoms with Crippen LogP contribution < -0.4 is 10.5 Å². The summed E-state index contributed by atoms with van der Waals surface area (Å²) in [5, 5.41) is 0.643. The number of furan rings is 1. The summed E-state index contributed by atoms with van der Waals surface area (Å²) in [6.07, 6.45) is 1.61. The van der Waals surface area contributed by atoms with E-state index < -0.39 is 0 Å². The van der Waals surface area contributed by atoms with Crippen molar-refractivity contribution >= 4 is 10.9 Å². The SMILES string of the molecule is O=c1c2ccccc2nc(-c2ccco2)n1CC[NH+]1CCOCC1. The second-order valence-electron chi connectivity index (χ2n) is 6.00. The molecule has 1 aliphatic rings. The highest BCUT2D eigenvalue weighted by Gasteiger charge is 2.18. The first kappa shape index (κ1) is 15.1. The third-order valence-corrected chi connectivity index (χ3v) is 4.49. The molecule has 1 saturated heterocycles. The van der Waals surface area contributed by atoms with Crippen LogP contribution in [0.4, 0.5) is 0 Å². The molecular formula is C18H20N3O3+. The Morgan fingerprint density at radius 1 is 1.12 bits per heavy atom. The van der Waals surface area contributed by atoms with Gasteiger partial charge >= 0.3 is 0 Å². The monoisotopic (exact) mass is 326 g/mol. The molecule has 0 radical (unpaired) electrons. The lowest BCUT2D eigenvalue weighted by molar-refractivity contribution is -0.908. The lowest BCUT2D eigenvalue weighted by atomic mass is 10.2. The zero-order chi connectivity index (χ0) is 16.4. The van der Waals surface area contributed by atoms with Gasteiger partial charge in [-0.05, 0) is 24.3 Å². The van der Waals surface area contributed by atoms with Crippen molar-refractivity contribution in [1.82, 2.24) is 9.55 Å². The number of aromatic nitrogens is 2. The van der Waals surface area contributed by atoms with E-state index in [1.807, 2.05) is 36.4 Å². The minimum absolute atomic E-state index is 0.0142. The number of benzene rings is 1. The Kier molecular flexibility index (Phi) is 4.15. The molecule has 0 spiro atoms. The number of hydrogen-bond donors (Lipinski definition) is 1. The van der Waals surface area contributed by atoms with Crippen molar-refractivity contribution in [2.45, 2.75) is 6.54 Å². The maximum atomic E-state index is 13.0. The van der Waals surface area contributed by atoms with E-state index in [4.69, 9.17) is 9.15 Å². The van der Waals surface area contributed by atoms with Gasteiger partial charge < -0.3 is 14.1 Å². The van der Waals surface area contributed by atoms with E-state index in [0.717, 1.165) is 32.8 Å². The van der Waals surface area contributed by atoms with Gasteiger partial charge in [-0.3, -0.25) is 9.36 Å². The lowest BCUT2D eigenvalue weighted by Gasteiger charge is -2.24. The lowest BCUT2D eigenvalue weighted by Crippen LogP contribution is -3.14. The number of morpholine rings is 1. The Morgan fingerprint density at radius 3 is 2.75 bits per heavy atom. The topological polar surface area (TPSA) is 61.7 Å². The summed E-state index contributed by atoms with van der Waals surface area (Å²) in [5.74, 6) is 1.21. The van der Waals surface area contributed by atoms with Gasteiger partial charge in [0.05, 0.1) is 43.5 Å². The number of hydrogen-bond acceptors (Lipinski definition) is 4. The molecule has 6 nitrogen and oxygen atoms in total. The van der Waals surface area contributed by atoms with E-state index in [9.17, 15) is 4.79 Å². The molecule has 0 aliphatic carbocycles. The van der Waals surface area contributed by atoms with E-state index >= 15 is 0 Å². The molecule has 4 rings (SSSR count). The molecule has 1 aliphatic heterocycles. The largest absolute Gasteiger partial charge is 0.461 e. The van der Waals surface area contributed by atoms with E-state index in [2.05, 4.69) is 4.98 Å². The average Bonchev–Trinajstić information content (AvgIpc) is 3.16. The number of para-hydroxylation sites is 1. The van der Waals surface area contributed by atoms with Crippen LogP contribution in [-0.2, 0) is 11.3 Å². The van der Waals surface area contributed by atoms with Gasteiger partial charge in [0.2, 0.25) is 0 Å². The Bertz CT molecular complexity index is 880. The van der Waals surface area contributed by atoms with Gasteiger partial charge in [0, 0.05) is 0 Å². The van der Waals surface area contributed by atoms with Crippen molar-refractivity contribution < 1.29 is 14.1 Å². The number of rotatable bonds is 4. The van der Waals surface area contributed by atoms with Crippen LogP contribution in [0.2, 0.25) is 0 Å². The van der Waals surface area contributed by atoms with E-state index in [1.54, 1.807) is 10.8 Å². The molecule has 6 heteroatoms. The van der Waals surface area contributed by atoms with Crippen molar-refractivity contribution in [1.29, 1.82) is 0 Å². The predicted octanol–water partition coefficient (Wildman–Crippen LogP) is 0.572. The zero-order valence-corrected chi connectivity index (χ0v) is 13.4. The summed E-state index contributed by atoms with van der Waals surface area (Å²) in [6.45, 7) is 5.01. The van der Waals surface area contributed by atoms with E-state index in [-0.39, 0.29) is 5.56 Å². The quantitative estimate of drug-likeness (QED) is 0.761. The van der Waals surface area contributed by atoms with Gasteiger partial charge in [-0.25, -0.2) is 4.98 Å². The number of ether oxygens (including phenoxy) is 1. The molecule has 0 bridgehead atoms. The van der Waals surface area contributed by atoms with Crippen LogP contribution in [0.3, 0.4) is 0 Å². The minimum atomic E-state index is -0.0142. The predicted molar refractivity (Wildman–Crippen MR) is 90.1 cm³/mol. The number of nitrogens with one attached hydrogen (secondary N) is 1. The van der Waals surface area contributed by atoms with Gasteiger partial charge in [-0.2, -0.15) is 0 Å². The summed E-state index contributed by atoms with van der Waals surface area (Å²) in [6, 6.07) is 11.1. The van der Waals surface area contributed by atoms with Crippen LogP contribution in [-0.4, -0.2) is 42.4 Å². The van der Waals surface area contributed by atoms with Gasteiger partial charge in [0.25, 0.3) is 5.56 Å². The highest BCUT2D eigenvalue weighted by atomic mass is 16.5. The Hall–Kier alpha value is -2.44. The number of nitrogens with zero attached hydrogens (tertiary/aromatic N) is 2. The summed E-state index contributed by atoms with van der Waals surface area (Å²) in [5.41, 5.74) is 0.684. The maximum Gasteiger partial charge on any atom is 0.261 e. The first-order chi connectivity index (χ1) is 11.8. The van der Waals surface area contributed by atoms with Crippen molar-refractivity contribution in [2.75, 3.05) is 32.8 Å². The minimum Gasteiger partial charge on any atom is -0.461 e. The second kappa shape index (κ2) is 6.59. The van der Waals surface area contributed by atoms with Gasteiger partial charge in [0.1, 0.15) is 13.1 Å². The molecule has 2 aromatic heterocycles. The Balaban J connectivity index is 1.75. The molecule has 0 unspecified atom stereocenters. The van der Waals surface area contributed by atoms with Crippen LogP contribution in [0.1, 0.15) is 0 Å². The van der Waals surface area contributed by atoms with Crippen molar-refractivity contribution in [3.8, 4) is 11.6 Å². The summed E-state index contributed by atoms with van der Waals surface area (Å²) in [4.78, 5) is 19.1. The van der Waals surface area contributed by atoms with Crippen LogP contribution >= 0.6 is 0 Å². The fraction of sp³-hybridized carbons (Fsp3) is 0.333. The molecule has 0 atom stereocenters. The Morgan fingerprint density at radius 2 is 1.96 bits per heavy atom. The molecular weight excluding hydrogens is 306 g/mol. The summed E-state index contributed by atoms with van der Waals surface area (Å²) < 4.78 is 12.6. The van der Waals surface area contributed by atoms with Crippen LogP contribution in [0.25, 0.3) is 22.5 Å². The number of fused-ring (bicyclic) bond motifs is 1. The average molecular weight is 326 g/mol. The highest BCUT2D eigenvalue weighted by molar-refractivity contribution is 5.79. The first-order valence-electron chi connectivity index (χ1n) is 8.28. The van der Waals surface area contributed by atoms with E-state index in [0.29, 0.717) is 29.0 Å². The van der Waals surface area contributed by atoms with Gasteiger partial charge in [-0.15, -0.1) is 0 Å². The molecule has 0 saturated carbocycles. The van der Waals surface area contributed by atoms with Crippen LogP contribution in [0.5, 0.6) is 0 Å². The Labute approximate surface area is 139 Å². The number of quaternary nitrogens is 1. The molecule has 3 aromatic rings. The maximum absolute atomic E-state index is 13.0. The van der Waals surface area contributed by atoms with Gasteiger partial charge in [-0.1, -0.05) is 12.1 Å². The summed E-state index contributed by atoms with van der Waals surface area (Å²) in [7, 11) is 0. The normalized spacial score (nSPS) is 15.8. The molecule has 24 heavy (non-hydrogen) atoms. The molecule has 124 valence electrons. The third kappa shape index (κ3) is 2.86. The van der Waals surface area contributed by atoms with Crippen molar-refractivity contribution in [3.63, 3.8) is 0 Å². The van der Waals surface area contributed by atoms with Crippen LogP contribution in [0, 0.1) is 0 Å². The summed E-state index contributed by atoms with van der Waals surface area (Å²) >= 11 is 0. The highest BCUT2D eigenvalue weighted by Crippen LogP contribution is 2.19. The smallest absolute Gasteiger partial charge is 0.261 e. The van der Waals surface area contributed by atoms with Gasteiger partial charge in [0.15, 0.2) is 11.6 Å². The fourth-order valence-corrected chi connectivity index (χ4v) is 3.15. The molecule has 1 aromatic carbocycles. The molecule has 1 N–H and O–H groups in total. The standard InChI is InChI=1S/C18H19N3O3/c22-18-14-4-1-2-5-15(14)19-17(16-6-3-11-24-16)21(18)8-7-20-9-12-23-13-10-20/h1-6,11H,7-10,12-13H2/p+1. The van der Waals surface area contributed by atoms with Crippen molar-refractivity contribution in [3.05, 3.63) is 53.0 Å². The van der Waals surface area contributed by atoms with E-state index in [1.165, 1.54) is 4.90 Å². The van der Waals surface area contributed by atoms with Crippen LogP contribution in [0.15, 0.2) is 51.9 Å². The molecule has 3 heterocycles. The second-order valence-corrected chi connectivity index (χ2v) is 6.00. The zero-order valence-electron chi connectivity index (χ0n) is 13.4. The molecule has 0 amide bonds. The molecule has 1 fully saturated rings. The van der Waals surface area contributed by atoms with Crippen molar-refractivity contribution in [2.24, 2.45) is 0 Å². The fourth-order valence-electron chi connectivity index (χ4n) is 3.15. The first-order valence-corrected chi connectivity index (χ1v) is 8.28.